The summed E-state index contributed by atoms with van der Waals surface area (Å²) in [5.41, 5.74) is -1.14. The Morgan fingerprint density at radius 2 is 1.42 bits per heavy atom. The molecule has 0 atom stereocenters. The zero-order chi connectivity index (χ0) is 14.6. The van der Waals surface area contributed by atoms with Crippen LogP contribution < -0.4 is 0 Å². The molecule has 0 unspecified atom stereocenters. The van der Waals surface area contributed by atoms with E-state index in [-0.39, 0.29) is 0 Å². The summed E-state index contributed by atoms with van der Waals surface area (Å²) in [7, 11) is 0. The summed E-state index contributed by atoms with van der Waals surface area (Å²) >= 11 is 0. The molecule has 0 aliphatic heterocycles. The fraction of sp³-hybridized carbons (Fsp3) is 0.308. The van der Waals surface area contributed by atoms with Crippen molar-refractivity contribution in [2.45, 2.75) is 26.2 Å². The molecule has 0 radical (unpaired) electrons. The van der Waals surface area contributed by atoms with Crippen LogP contribution in [0.1, 0.15) is 56.4 Å². The molecule has 0 aromatic heterocycles. The number of hydrogen-bond acceptors (Lipinski definition) is 3. The van der Waals surface area contributed by atoms with E-state index in [0.717, 1.165) is 12.8 Å². The van der Waals surface area contributed by atoms with Gasteiger partial charge in [-0.25, -0.2) is 14.4 Å². The molecular weight excluding hydrogens is 252 g/mol. The van der Waals surface area contributed by atoms with Crippen LogP contribution in [0.25, 0.3) is 0 Å². The first-order chi connectivity index (χ1) is 8.88. The van der Waals surface area contributed by atoms with Gasteiger partial charge in [0.1, 0.15) is 0 Å². The van der Waals surface area contributed by atoms with Gasteiger partial charge in [-0.2, -0.15) is 0 Å². The molecule has 0 heterocycles. The Morgan fingerprint density at radius 3 is 1.74 bits per heavy atom. The van der Waals surface area contributed by atoms with E-state index in [1.165, 1.54) is 12.1 Å². The van der Waals surface area contributed by atoms with Crippen molar-refractivity contribution in [1.29, 1.82) is 0 Å². The third-order valence-electron chi connectivity index (χ3n) is 2.69. The fourth-order valence-corrected chi connectivity index (χ4v) is 1.79. The van der Waals surface area contributed by atoms with E-state index in [0.29, 0.717) is 12.0 Å². The summed E-state index contributed by atoms with van der Waals surface area (Å²) in [6.07, 6.45) is 2.15. The van der Waals surface area contributed by atoms with Crippen LogP contribution in [0.5, 0.6) is 0 Å². The first-order valence-electron chi connectivity index (χ1n) is 5.75. The minimum absolute atomic E-state index is 0.487. The highest BCUT2D eigenvalue weighted by Crippen LogP contribution is 2.20. The zero-order valence-electron chi connectivity index (χ0n) is 10.3. The molecule has 1 rings (SSSR count). The molecule has 6 heteroatoms. The largest absolute Gasteiger partial charge is 0.478 e. The number of aromatic carboxylic acids is 3. The van der Waals surface area contributed by atoms with Crippen LogP contribution in [0.2, 0.25) is 0 Å². The summed E-state index contributed by atoms with van der Waals surface area (Å²) in [5.74, 6) is -4.45. The SMILES string of the molecule is CCCCc1cc(C(=O)O)c(C(=O)O)c(C(=O)O)c1. The number of benzene rings is 1. The molecule has 0 aliphatic rings. The normalized spacial score (nSPS) is 10.2. The quantitative estimate of drug-likeness (QED) is 0.727. The van der Waals surface area contributed by atoms with E-state index >= 15 is 0 Å². The first kappa shape index (κ1) is 14.7. The van der Waals surface area contributed by atoms with Crippen molar-refractivity contribution in [3.8, 4) is 0 Å². The van der Waals surface area contributed by atoms with Gasteiger partial charge in [0.15, 0.2) is 0 Å². The van der Waals surface area contributed by atoms with Crippen molar-refractivity contribution in [3.63, 3.8) is 0 Å². The topological polar surface area (TPSA) is 112 Å². The molecule has 1 aromatic carbocycles. The third kappa shape index (κ3) is 3.31. The van der Waals surface area contributed by atoms with Crippen LogP contribution in [0.3, 0.4) is 0 Å². The number of carboxylic acid groups (broad SMARTS) is 3. The number of rotatable bonds is 6. The Balaban J connectivity index is 3.48. The van der Waals surface area contributed by atoms with E-state index < -0.39 is 34.6 Å². The second kappa shape index (κ2) is 5.99. The zero-order valence-corrected chi connectivity index (χ0v) is 10.3. The van der Waals surface area contributed by atoms with Crippen molar-refractivity contribution in [2.24, 2.45) is 0 Å². The molecule has 0 spiro atoms. The van der Waals surface area contributed by atoms with Crippen molar-refractivity contribution in [2.75, 3.05) is 0 Å². The molecule has 6 nitrogen and oxygen atoms in total. The summed E-state index contributed by atoms with van der Waals surface area (Å²) in [6.45, 7) is 1.95. The van der Waals surface area contributed by atoms with Crippen LogP contribution >= 0.6 is 0 Å². The van der Waals surface area contributed by atoms with Crippen LogP contribution in [-0.4, -0.2) is 33.2 Å². The molecular formula is C13H14O6. The van der Waals surface area contributed by atoms with Gasteiger partial charge in [-0.1, -0.05) is 13.3 Å². The summed E-state index contributed by atoms with van der Waals surface area (Å²) in [4.78, 5) is 33.2. The van der Waals surface area contributed by atoms with Gasteiger partial charge in [-0.3, -0.25) is 0 Å². The number of aryl methyl sites for hydroxylation is 1. The van der Waals surface area contributed by atoms with E-state index in [1.54, 1.807) is 0 Å². The standard InChI is InChI=1S/C13H14O6/c1-2-3-4-7-5-8(11(14)15)10(13(18)19)9(6-7)12(16)17/h5-6H,2-4H2,1H3,(H,14,15)(H,16,17)(H,18,19). The molecule has 1 aromatic rings. The van der Waals surface area contributed by atoms with Crippen molar-refractivity contribution in [1.82, 2.24) is 0 Å². The van der Waals surface area contributed by atoms with Gasteiger partial charge >= 0.3 is 17.9 Å². The van der Waals surface area contributed by atoms with Gasteiger partial charge < -0.3 is 15.3 Å². The van der Waals surface area contributed by atoms with Gasteiger partial charge in [0.05, 0.1) is 16.7 Å². The predicted molar refractivity (Wildman–Crippen MR) is 65.9 cm³/mol. The van der Waals surface area contributed by atoms with Crippen molar-refractivity contribution in [3.05, 3.63) is 34.4 Å². The average molecular weight is 266 g/mol. The lowest BCUT2D eigenvalue weighted by molar-refractivity contribution is 0.0633. The lowest BCUT2D eigenvalue weighted by atomic mass is 9.95. The van der Waals surface area contributed by atoms with Gasteiger partial charge in [0.2, 0.25) is 0 Å². The van der Waals surface area contributed by atoms with E-state index in [9.17, 15) is 14.4 Å². The molecule has 0 amide bonds. The van der Waals surface area contributed by atoms with Crippen molar-refractivity contribution >= 4 is 17.9 Å². The van der Waals surface area contributed by atoms with E-state index in [4.69, 9.17) is 15.3 Å². The Morgan fingerprint density at radius 1 is 0.947 bits per heavy atom. The summed E-state index contributed by atoms with van der Waals surface area (Å²) in [6, 6.07) is 2.46. The molecule has 0 aliphatic carbocycles. The molecule has 3 N–H and O–H groups in total. The van der Waals surface area contributed by atoms with Gasteiger partial charge in [0.25, 0.3) is 0 Å². The highest BCUT2D eigenvalue weighted by Gasteiger charge is 2.24. The number of unbranched alkanes of at least 4 members (excludes halogenated alkanes) is 1. The molecule has 0 fully saturated rings. The lowest BCUT2D eigenvalue weighted by Crippen LogP contribution is -2.15. The molecule has 0 bridgehead atoms. The van der Waals surface area contributed by atoms with Crippen LogP contribution in [0, 0.1) is 0 Å². The highest BCUT2D eigenvalue weighted by molar-refractivity contribution is 6.09. The van der Waals surface area contributed by atoms with Gasteiger partial charge in [-0.05, 0) is 30.5 Å². The summed E-state index contributed by atoms with van der Waals surface area (Å²) < 4.78 is 0. The second-order valence-electron chi connectivity index (χ2n) is 4.08. The Bertz CT molecular complexity index is 497. The minimum atomic E-state index is -1.56. The third-order valence-corrected chi connectivity index (χ3v) is 2.69. The highest BCUT2D eigenvalue weighted by atomic mass is 16.4. The molecule has 102 valence electrons. The average Bonchev–Trinajstić information content (AvgIpc) is 2.34. The summed E-state index contributed by atoms with van der Waals surface area (Å²) in [5, 5.41) is 27.0. The lowest BCUT2D eigenvalue weighted by Gasteiger charge is -2.09. The maximum Gasteiger partial charge on any atom is 0.337 e. The van der Waals surface area contributed by atoms with Crippen LogP contribution in [-0.2, 0) is 6.42 Å². The van der Waals surface area contributed by atoms with Crippen LogP contribution in [0.15, 0.2) is 12.1 Å². The van der Waals surface area contributed by atoms with Crippen LogP contribution in [0.4, 0.5) is 0 Å². The first-order valence-corrected chi connectivity index (χ1v) is 5.75. The van der Waals surface area contributed by atoms with E-state index in [2.05, 4.69) is 0 Å². The maximum atomic E-state index is 11.1. The number of hydrogen-bond donors (Lipinski definition) is 3. The van der Waals surface area contributed by atoms with E-state index in [1.807, 2.05) is 6.92 Å². The van der Waals surface area contributed by atoms with Gasteiger partial charge in [-0.15, -0.1) is 0 Å². The predicted octanol–water partition coefficient (Wildman–Crippen LogP) is 2.12. The smallest absolute Gasteiger partial charge is 0.337 e. The number of carbonyl (C=O) groups is 3. The molecule has 0 saturated heterocycles. The van der Waals surface area contributed by atoms with Gasteiger partial charge in [0, 0.05) is 0 Å². The fourth-order valence-electron chi connectivity index (χ4n) is 1.79. The maximum absolute atomic E-state index is 11.1. The number of carboxylic acids is 3. The molecule has 19 heavy (non-hydrogen) atoms. The van der Waals surface area contributed by atoms with Crippen molar-refractivity contribution < 1.29 is 29.7 Å². The second-order valence-corrected chi connectivity index (χ2v) is 4.08. The Hall–Kier alpha value is -2.37. The Kier molecular flexibility index (Phi) is 4.63. The Labute approximate surface area is 109 Å². The molecule has 0 saturated carbocycles. The minimum Gasteiger partial charge on any atom is -0.478 e. The monoisotopic (exact) mass is 266 g/mol.